The molecule has 20 heavy (non-hydrogen) atoms. The van der Waals surface area contributed by atoms with Crippen LogP contribution in [-0.4, -0.2) is 6.54 Å². The van der Waals surface area contributed by atoms with Gasteiger partial charge in [-0.05, 0) is 53.2 Å². The molecule has 0 aliphatic carbocycles. The Morgan fingerprint density at radius 1 is 1.25 bits per heavy atom. The van der Waals surface area contributed by atoms with Gasteiger partial charge in [0.25, 0.3) is 0 Å². The first-order chi connectivity index (χ1) is 9.51. The van der Waals surface area contributed by atoms with E-state index >= 15 is 0 Å². The summed E-state index contributed by atoms with van der Waals surface area (Å²) in [4.78, 5) is 1.16. The van der Waals surface area contributed by atoms with E-state index in [1.807, 2.05) is 19.1 Å². The Morgan fingerprint density at radius 3 is 2.60 bits per heavy atom. The highest BCUT2D eigenvalue weighted by Crippen LogP contribution is 2.29. The normalized spacial score (nSPS) is 12.7. The van der Waals surface area contributed by atoms with E-state index in [2.05, 4.69) is 21.2 Å². The molecule has 1 nitrogen and oxygen atoms in total. The molecule has 0 bridgehead atoms. The van der Waals surface area contributed by atoms with Crippen LogP contribution in [0.3, 0.4) is 0 Å². The van der Waals surface area contributed by atoms with Crippen LogP contribution in [-0.2, 0) is 6.42 Å². The molecule has 0 spiro atoms. The highest BCUT2D eigenvalue weighted by Gasteiger charge is 2.18. The molecule has 0 aliphatic heterocycles. The molecular weight excluding hydrogens is 344 g/mol. The smallest absolute Gasteiger partial charge is 0.130 e. The Balaban J connectivity index is 2.30. The molecule has 1 aromatic carbocycles. The summed E-state index contributed by atoms with van der Waals surface area (Å²) >= 11 is 5.06. The SMILES string of the molecule is CCNC(Cc1ccc(Br)s1)c1cc(C)c(F)cc1F. The lowest BCUT2D eigenvalue weighted by Gasteiger charge is -2.19. The molecule has 108 valence electrons. The van der Waals surface area contributed by atoms with Gasteiger partial charge in [-0.15, -0.1) is 11.3 Å². The molecule has 1 N–H and O–H groups in total. The number of halogens is 3. The Morgan fingerprint density at radius 2 is 2.00 bits per heavy atom. The van der Waals surface area contributed by atoms with E-state index in [9.17, 15) is 8.78 Å². The molecule has 2 aromatic rings. The number of nitrogens with one attached hydrogen (secondary N) is 1. The molecule has 0 radical (unpaired) electrons. The lowest BCUT2D eigenvalue weighted by molar-refractivity contribution is 0.502. The Bertz CT molecular complexity index is 598. The minimum Gasteiger partial charge on any atom is -0.310 e. The summed E-state index contributed by atoms with van der Waals surface area (Å²) in [7, 11) is 0. The number of benzene rings is 1. The van der Waals surface area contributed by atoms with E-state index in [1.54, 1.807) is 24.3 Å². The average molecular weight is 360 g/mol. The third kappa shape index (κ3) is 3.65. The van der Waals surface area contributed by atoms with Gasteiger partial charge in [-0.25, -0.2) is 8.78 Å². The van der Waals surface area contributed by atoms with Crippen LogP contribution in [0.1, 0.15) is 29.0 Å². The second-order valence-electron chi connectivity index (χ2n) is 4.64. The van der Waals surface area contributed by atoms with Crippen molar-refractivity contribution in [2.75, 3.05) is 6.54 Å². The van der Waals surface area contributed by atoms with Crippen LogP contribution >= 0.6 is 27.3 Å². The van der Waals surface area contributed by atoms with Gasteiger partial charge in [0, 0.05) is 29.0 Å². The van der Waals surface area contributed by atoms with E-state index in [1.165, 1.54) is 0 Å². The quantitative estimate of drug-likeness (QED) is 0.792. The number of thiophene rings is 1. The molecule has 1 unspecified atom stereocenters. The molecule has 5 heteroatoms. The fourth-order valence-electron chi connectivity index (χ4n) is 2.15. The molecule has 1 heterocycles. The number of likely N-dealkylation sites (N-methyl/N-ethyl adjacent to an activating group) is 1. The zero-order valence-corrected chi connectivity index (χ0v) is 13.7. The van der Waals surface area contributed by atoms with Gasteiger partial charge in [0.2, 0.25) is 0 Å². The summed E-state index contributed by atoms with van der Waals surface area (Å²) in [5, 5.41) is 3.27. The zero-order valence-electron chi connectivity index (χ0n) is 11.3. The van der Waals surface area contributed by atoms with Crippen molar-refractivity contribution in [3.63, 3.8) is 0 Å². The minimum atomic E-state index is -0.500. The molecule has 0 amide bonds. The van der Waals surface area contributed by atoms with Crippen LogP contribution in [0, 0.1) is 18.6 Å². The van der Waals surface area contributed by atoms with E-state index in [-0.39, 0.29) is 6.04 Å². The van der Waals surface area contributed by atoms with Crippen molar-refractivity contribution in [1.29, 1.82) is 0 Å². The summed E-state index contributed by atoms with van der Waals surface area (Å²) in [6.07, 6.45) is 0.687. The van der Waals surface area contributed by atoms with Gasteiger partial charge in [0.1, 0.15) is 11.6 Å². The first-order valence-corrected chi connectivity index (χ1v) is 8.05. The van der Waals surface area contributed by atoms with Crippen LogP contribution in [0.25, 0.3) is 0 Å². The highest BCUT2D eigenvalue weighted by atomic mass is 79.9. The third-order valence-electron chi connectivity index (χ3n) is 3.14. The molecule has 1 atom stereocenters. The fourth-order valence-corrected chi connectivity index (χ4v) is 3.68. The van der Waals surface area contributed by atoms with Crippen molar-refractivity contribution >= 4 is 27.3 Å². The fraction of sp³-hybridized carbons (Fsp3) is 0.333. The van der Waals surface area contributed by atoms with Crippen molar-refractivity contribution in [3.8, 4) is 0 Å². The maximum atomic E-state index is 14.0. The largest absolute Gasteiger partial charge is 0.310 e. The number of rotatable bonds is 5. The second-order valence-corrected chi connectivity index (χ2v) is 7.19. The topological polar surface area (TPSA) is 12.0 Å². The van der Waals surface area contributed by atoms with Gasteiger partial charge in [0.05, 0.1) is 3.79 Å². The Labute approximate surface area is 130 Å². The van der Waals surface area contributed by atoms with Gasteiger partial charge >= 0.3 is 0 Å². The van der Waals surface area contributed by atoms with Crippen molar-refractivity contribution in [1.82, 2.24) is 5.32 Å². The summed E-state index contributed by atoms with van der Waals surface area (Å²) in [5.74, 6) is -0.991. The van der Waals surface area contributed by atoms with Crippen LogP contribution in [0.15, 0.2) is 28.1 Å². The molecular formula is C15H16BrF2NS. The van der Waals surface area contributed by atoms with E-state index in [0.717, 1.165) is 21.3 Å². The average Bonchev–Trinajstić information content (AvgIpc) is 2.79. The highest BCUT2D eigenvalue weighted by molar-refractivity contribution is 9.11. The predicted octanol–water partition coefficient (Wildman–Crippen LogP) is 4.99. The van der Waals surface area contributed by atoms with E-state index in [4.69, 9.17) is 0 Å². The van der Waals surface area contributed by atoms with Gasteiger partial charge in [-0.1, -0.05) is 6.92 Å². The first-order valence-electron chi connectivity index (χ1n) is 6.44. The van der Waals surface area contributed by atoms with Crippen LogP contribution < -0.4 is 5.32 Å². The van der Waals surface area contributed by atoms with Gasteiger partial charge in [0.15, 0.2) is 0 Å². The second kappa shape index (κ2) is 6.78. The van der Waals surface area contributed by atoms with E-state index in [0.29, 0.717) is 17.5 Å². The number of hydrogen-bond acceptors (Lipinski definition) is 2. The lowest BCUT2D eigenvalue weighted by Crippen LogP contribution is -2.24. The zero-order chi connectivity index (χ0) is 14.7. The summed E-state index contributed by atoms with van der Waals surface area (Å²) in [6, 6.07) is 6.42. The summed E-state index contributed by atoms with van der Waals surface area (Å²) in [6.45, 7) is 4.36. The number of aryl methyl sites for hydroxylation is 1. The van der Waals surface area contributed by atoms with Crippen molar-refractivity contribution in [2.24, 2.45) is 0 Å². The molecule has 0 aliphatic rings. The van der Waals surface area contributed by atoms with E-state index < -0.39 is 11.6 Å². The third-order valence-corrected chi connectivity index (χ3v) is 4.78. The molecule has 0 fully saturated rings. The van der Waals surface area contributed by atoms with Crippen molar-refractivity contribution in [3.05, 3.63) is 55.7 Å². The molecule has 0 saturated heterocycles. The molecule has 1 aromatic heterocycles. The first kappa shape index (κ1) is 15.6. The molecule has 2 rings (SSSR count). The van der Waals surface area contributed by atoms with Gasteiger partial charge < -0.3 is 5.32 Å². The van der Waals surface area contributed by atoms with Crippen LogP contribution in [0.4, 0.5) is 8.78 Å². The minimum absolute atomic E-state index is 0.148. The summed E-state index contributed by atoms with van der Waals surface area (Å²) < 4.78 is 28.5. The van der Waals surface area contributed by atoms with Gasteiger partial charge in [-0.3, -0.25) is 0 Å². The Kier molecular flexibility index (Phi) is 5.29. The standard InChI is InChI=1S/C15H16BrF2NS/c1-3-19-14(7-10-4-5-15(16)20-10)11-6-9(2)12(17)8-13(11)18/h4-6,8,14,19H,3,7H2,1-2H3. The lowest BCUT2D eigenvalue weighted by atomic mass is 10.00. The monoisotopic (exact) mass is 359 g/mol. The summed E-state index contributed by atoms with van der Waals surface area (Å²) in [5.41, 5.74) is 0.993. The van der Waals surface area contributed by atoms with Crippen molar-refractivity contribution < 1.29 is 8.78 Å². The van der Waals surface area contributed by atoms with Crippen LogP contribution in [0.5, 0.6) is 0 Å². The predicted molar refractivity (Wildman–Crippen MR) is 83.2 cm³/mol. The van der Waals surface area contributed by atoms with Gasteiger partial charge in [-0.2, -0.15) is 0 Å². The molecule has 0 saturated carbocycles. The van der Waals surface area contributed by atoms with Crippen LogP contribution in [0.2, 0.25) is 0 Å². The maximum Gasteiger partial charge on any atom is 0.130 e. The maximum absolute atomic E-state index is 14.0. The van der Waals surface area contributed by atoms with Crippen molar-refractivity contribution in [2.45, 2.75) is 26.3 Å². The number of hydrogen-bond donors (Lipinski definition) is 1. The Hall–Kier alpha value is -0.780.